The molecule has 0 saturated heterocycles. The molecule has 1 amide bonds. The molecule has 0 saturated carbocycles. The molecule has 0 bridgehead atoms. The minimum atomic E-state index is -0.273. The van der Waals surface area contributed by atoms with Gasteiger partial charge in [0.15, 0.2) is 0 Å². The maximum atomic E-state index is 11.6. The van der Waals surface area contributed by atoms with E-state index in [4.69, 9.17) is 5.26 Å². The molecule has 0 radical (unpaired) electrons. The standard InChI is InChI=1S/C11H17N5O/c1-8(2)9-14-10(16-15-9)11(17)13-7-5-3-4-6-12/h8H,3-5,7H2,1-2H3,(H,13,17)(H,14,15,16). The van der Waals surface area contributed by atoms with Gasteiger partial charge in [-0.2, -0.15) is 5.26 Å². The van der Waals surface area contributed by atoms with Crippen LogP contribution >= 0.6 is 0 Å². The lowest BCUT2D eigenvalue weighted by molar-refractivity contribution is 0.0943. The van der Waals surface area contributed by atoms with Crippen molar-refractivity contribution >= 4 is 5.91 Å². The van der Waals surface area contributed by atoms with Crippen LogP contribution in [-0.2, 0) is 0 Å². The van der Waals surface area contributed by atoms with E-state index < -0.39 is 0 Å². The summed E-state index contributed by atoms with van der Waals surface area (Å²) in [5.41, 5.74) is 0. The minimum Gasteiger partial charge on any atom is -0.349 e. The Morgan fingerprint density at radius 2 is 2.29 bits per heavy atom. The van der Waals surface area contributed by atoms with Crippen LogP contribution in [-0.4, -0.2) is 27.6 Å². The molecule has 0 aromatic carbocycles. The van der Waals surface area contributed by atoms with Crippen LogP contribution in [0, 0.1) is 11.3 Å². The maximum Gasteiger partial charge on any atom is 0.290 e. The average Bonchev–Trinajstić information content (AvgIpc) is 2.78. The number of carbonyl (C=O) groups excluding carboxylic acids is 1. The second-order valence-electron chi connectivity index (χ2n) is 4.07. The third kappa shape index (κ3) is 4.23. The summed E-state index contributed by atoms with van der Waals surface area (Å²) in [6.07, 6.45) is 2.11. The Balaban J connectivity index is 2.34. The largest absolute Gasteiger partial charge is 0.349 e. The van der Waals surface area contributed by atoms with Crippen molar-refractivity contribution in [2.75, 3.05) is 6.54 Å². The Bertz CT molecular complexity index is 404. The fourth-order valence-electron chi connectivity index (χ4n) is 1.24. The summed E-state index contributed by atoms with van der Waals surface area (Å²) in [6, 6.07) is 2.06. The van der Waals surface area contributed by atoms with Crippen LogP contribution in [0.1, 0.15) is 55.5 Å². The number of unbranched alkanes of at least 4 members (excludes halogenated alkanes) is 2. The highest BCUT2D eigenvalue weighted by Crippen LogP contribution is 2.07. The van der Waals surface area contributed by atoms with Crippen molar-refractivity contribution in [3.05, 3.63) is 11.6 Å². The van der Waals surface area contributed by atoms with Gasteiger partial charge in [0.05, 0.1) is 6.07 Å². The van der Waals surface area contributed by atoms with E-state index >= 15 is 0 Å². The topological polar surface area (TPSA) is 94.5 Å². The number of hydrogen-bond donors (Lipinski definition) is 2. The summed E-state index contributed by atoms with van der Waals surface area (Å²) in [7, 11) is 0. The van der Waals surface area contributed by atoms with E-state index in [-0.39, 0.29) is 17.6 Å². The predicted molar refractivity (Wildman–Crippen MR) is 62.3 cm³/mol. The lowest BCUT2D eigenvalue weighted by atomic mass is 10.2. The molecule has 92 valence electrons. The molecular weight excluding hydrogens is 218 g/mol. The summed E-state index contributed by atoms with van der Waals surface area (Å²) in [5.74, 6) is 0.832. The zero-order chi connectivity index (χ0) is 12.7. The molecule has 17 heavy (non-hydrogen) atoms. The molecule has 1 rings (SSSR count). The van der Waals surface area contributed by atoms with Crippen LogP contribution in [0.4, 0.5) is 0 Å². The number of H-pyrrole nitrogens is 1. The van der Waals surface area contributed by atoms with Crippen molar-refractivity contribution in [2.45, 2.75) is 39.0 Å². The Hall–Kier alpha value is -1.90. The number of nitrogens with zero attached hydrogens (tertiary/aromatic N) is 3. The first kappa shape index (κ1) is 13.2. The maximum absolute atomic E-state index is 11.6. The number of nitrogens with one attached hydrogen (secondary N) is 2. The van der Waals surface area contributed by atoms with E-state index in [1.807, 2.05) is 13.8 Å². The van der Waals surface area contributed by atoms with Gasteiger partial charge in [0, 0.05) is 18.9 Å². The predicted octanol–water partition coefficient (Wildman–Crippen LogP) is 1.35. The monoisotopic (exact) mass is 235 g/mol. The summed E-state index contributed by atoms with van der Waals surface area (Å²) in [5, 5.41) is 17.6. The molecule has 6 nitrogen and oxygen atoms in total. The first-order chi connectivity index (χ1) is 8.15. The fraction of sp³-hybridized carbons (Fsp3) is 0.636. The highest BCUT2D eigenvalue weighted by atomic mass is 16.2. The van der Waals surface area contributed by atoms with Crippen LogP contribution in [0.5, 0.6) is 0 Å². The molecular formula is C11H17N5O. The molecule has 0 fully saturated rings. The van der Waals surface area contributed by atoms with Crippen molar-refractivity contribution in [3.63, 3.8) is 0 Å². The van der Waals surface area contributed by atoms with Gasteiger partial charge in [-0.25, -0.2) is 4.98 Å². The van der Waals surface area contributed by atoms with E-state index in [0.29, 0.717) is 18.8 Å². The van der Waals surface area contributed by atoms with Gasteiger partial charge in [0.1, 0.15) is 5.82 Å². The first-order valence-corrected chi connectivity index (χ1v) is 5.72. The quantitative estimate of drug-likeness (QED) is 0.728. The summed E-state index contributed by atoms with van der Waals surface area (Å²) >= 11 is 0. The average molecular weight is 235 g/mol. The molecule has 0 unspecified atom stereocenters. The van der Waals surface area contributed by atoms with Gasteiger partial charge < -0.3 is 5.32 Å². The van der Waals surface area contributed by atoms with Gasteiger partial charge in [-0.1, -0.05) is 13.8 Å². The van der Waals surface area contributed by atoms with E-state index in [2.05, 4.69) is 26.6 Å². The van der Waals surface area contributed by atoms with Crippen molar-refractivity contribution < 1.29 is 4.79 Å². The van der Waals surface area contributed by atoms with Crippen LogP contribution in [0.25, 0.3) is 0 Å². The molecule has 1 aromatic heterocycles. The molecule has 0 atom stereocenters. The molecule has 6 heteroatoms. The zero-order valence-electron chi connectivity index (χ0n) is 10.2. The van der Waals surface area contributed by atoms with E-state index in [1.165, 1.54) is 0 Å². The number of carbonyl (C=O) groups is 1. The molecule has 0 aliphatic carbocycles. The molecule has 0 spiro atoms. The number of hydrogen-bond acceptors (Lipinski definition) is 4. The number of amides is 1. The minimum absolute atomic E-state index is 0.175. The van der Waals surface area contributed by atoms with Gasteiger partial charge in [-0.05, 0) is 12.8 Å². The van der Waals surface area contributed by atoms with Gasteiger partial charge >= 0.3 is 0 Å². The third-order valence-electron chi connectivity index (χ3n) is 2.25. The van der Waals surface area contributed by atoms with E-state index in [0.717, 1.165) is 12.8 Å². The number of aromatic nitrogens is 3. The fourth-order valence-corrected chi connectivity index (χ4v) is 1.24. The molecule has 2 N–H and O–H groups in total. The van der Waals surface area contributed by atoms with Gasteiger partial charge in [0.2, 0.25) is 5.82 Å². The van der Waals surface area contributed by atoms with Crippen molar-refractivity contribution in [3.8, 4) is 6.07 Å². The van der Waals surface area contributed by atoms with Crippen molar-refractivity contribution in [2.24, 2.45) is 0 Å². The third-order valence-corrected chi connectivity index (χ3v) is 2.25. The first-order valence-electron chi connectivity index (χ1n) is 5.72. The highest BCUT2D eigenvalue weighted by molar-refractivity contribution is 5.90. The second kappa shape index (κ2) is 6.63. The molecule has 0 aliphatic heterocycles. The zero-order valence-corrected chi connectivity index (χ0v) is 10.2. The number of aromatic amines is 1. The van der Waals surface area contributed by atoms with Gasteiger partial charge in [-0.15, -0.1) is 5.10 Å². The van der Waals surface area contributed by atoms with Crippen LogP contribution in [0.15, 0.2) is 0 Å². The molecule has 1 heterocycles. The molecule has 0 aliphatic rings. The number of nitriles is 1. The van der Waals surface area contributed by atoms with Crippen LogP contribution in [0.3, 0.4) is 0 Å². The van der Waals surface area contributed by atoms with E-state index in [1.54, 1.807) is 0 Å². The Morgan fingerprint density at radius 1 is 1.53 bits per heavy atom. The second-order valence-corrected chi connectivity index (χ2v) is 4.07. The van der Waals surface area contributed by atoms with Crippen molar-refractivity contribution in [1.82, 2.24) is 20.5 Å². The van der Waals surface area contributed by atoms with Gasteiger partial charge in [0.25, 0.3) is 5.91 Å². The van der Waals surface area contributed by atoms with E-state index in [9.17, 15) is 4.79 Å². The summed E-state index contributed by atoms with van der Waals surface area (Å²) < 4.78 is 0. The lowest BCUT2D eigenvalue weighted by Crippen LogP contribution is -2.25. The normalized spacial score (nSPS) is 10.2. The Labute approximate surface area is 100 Å². The van der Waals surface area contributed by atoms with Crippen molar-refractivity contribution in [1.29, 1.82) is 5.26 Å². The van der Waals surface area contributed by atoms with Gasteiger partial charge in [-0.3, -0.25) is 9.89 Å². The smallest absolute Gasteiger partial charge is 0.290 e. The van der Waals surface area contributed by atoms with Crippen LogP contribution < -0.4 is 5.32 Å². The Morgan fingerprint density at radius 3 is 2.88 bits per heavy atom. The SMILES string of the molecule is CC(C)c1nc(C(=O)NCCCCC#N)n[nH]1. The summed E-state index contributed by atoms with van der Waals surface area (Å²) in [4.78, 5) is 15.7. The number of rotatable bonds is 6. The molecule has 1 aromatic rings. The summed E-state index contributed by atoms with van der Waals surface area (Å²) in [6.45, 7) is 4.50. The Kier molecular flexibility index (Phi) is 5.14. The lowest BCUT2D eigenvalue weighted by Gasteiger charge is -2.00. The highest BCUT2D eigenvalue weighted by Gasteiger charge is 2.12. The van der Waals surface area contributed by atoms with Crippen LogP contribution in [0.2, 0.25) is 0 Å².